The van der Waals surface area contributed by atoms with Gasteiger partial charge in [-0.2, -0.15) is 0 Å². The number of esters is 1. The third-order valence-electron chi connectivity index (χ3n) is 6.16. The number of ether oxygens (including phenoxy) is 2. The van der Waals surface area contributed by atoms with E-state index < -0.39 is 36.5 Å². The summed E-state index contributed by atoms with van der Waals surface area (Å²) in [5, 5.41) is 31.2. The van der Waals surface area contributed by atoms with Gasteiger partial charge in [-0.1, -0.05) is 30.3 Å². The lowest BCUT2D eigenvalue weighted by molar-refractivity contribution is -0.227. The predicted molar refractivity (Wildman–Crippen MR) is 126 cm³/mol. The fourth-order valence-electron chi connectivity index (χ4n) is 4.13. The van der Waals surface area contributed by atoms with Crippen LogP contribution in [0, 0.1) is 12.7 Å². The number of aryl methyl sites for hydroxylation is 1. The lowest BCUT2D eigenvalue weighted by Gasteiger charge is -2.40. The fraction of sp³-hybridized carbons (Fsp3) is 0.346. The average molecular weight is 487 g/mol. The standard InChI is InChI=1S/C26H27FO6S/c1-14-3-4-16(26-25(31)24(30)23(29)20(33-26)13-22(28)32-2)11-17(14)12-19-9-10-21(34-19)15-5-7-18(27)8-6-15/h3-11,20,23-26,29-31H,12-13H2,1-2H3/t20-,23+,24+,25+,26-/m0/s1. The Balaban J connectivity index is 1.56. The van der Waals surface area contributed by atoms with Crippen molar-refractivity contribution in [3.8, 4) is 10.4 Å². The van der Waals surface area contributed by atoms with Crippen molar-refractivity contribution in [1.29, 1.82) is 0 Å². The maximum atomic E-state index is 13.2. The van der Waals surface area contributed by atoms with Gasteiger partial charge in [-0.25, -0.2) is 4.39 Å². The number of rotatable bonds is 6. The highest BCUT2D eigenvalue weighted by atomic mass is 32.1. The molecule has 0 aliphatic carbocycles. The Labute approximate surface area is 201 Å². The summed E-state index contributed by atoms with van der Waals surface area (Å²) >= 11 is 1.62. The van der Waals surface area contributed by atoms with Gasteiger partial charge in [0.2, 0.25) is 0 Å². The smallest absolute Gasteiger partial charge is 0.308 e. The highest BCUT2D eigenvalue weighted by Gasteiger charge is 2.45. The molecule has 3 aromatic rings. The molecular formula is C26H27FO6S. The van der Waals surface area contributed by atoms with Crippen molar-refractivity contribution >= 4 is 17.3 Å². The molecule has 4 rings (SSSR count). The van der Waals surface area contributed by atoms with Gasteiger partial charge in [-0.05, 0) is 53.4 Å². The van der Waals surface area contributed by atoms with E-state index in [1.165, 1.54) is 19.2 Å². The van der Waals surface area contributed by atoms with E-state index in [9.17, 15) is 24.5 Å². The molecule has 5 atom stereocenters. The fourth-order valence-corrected chi connectivity index (χ4v) is 5.17. The SMILES string of the molecule is COC(=O)C[C@@H]1O[C@@H](c2ccc(C)c(Cc3ccc(-c4ccc(F)cc4)s3)c2)[C@H](O)[C@H](O)[C@@H]1O. The number of carbonyl (C=O) groups excluding carboxylic acids is 1. The second-order valence-corrected chi connectivity index (χ2v) is 9.65. The molecule has 2 aromatic carbocycles. The first-order valence-corrected chi connectivity index (χ1v) is 11.8. The lowest BCUT2D eigenvalue weighted by atomic mass is 9.88. The molecule has 3 N–H and O–H groups in total. The molecule has 180 valence electrons. The minimum Gasteiger partial charge on any atom is -0.469 e. The van der Waals surface area contributed by atoms with Crippen LogP contribution in [-0.4, -0.2) is 52.8 Å². The summed E-state index contributed by atoms with van der Waals surface area (Å²) in [6.45, 7) is 1.99. The van der Waals surface area contributed by atoms with E-state index in [4.69, 9.17) is 4.74 Å². The molecule has 1 aliphatic rings. The van der Waals surface area contributed by atoms with Crippen LogP contribution in [0.2, 0.25) is 0 Å². The van der Waals surface area contributed by atoms with Crippen molar-refractivity contribution < 1.29 is 34.0 Å². The first kappa shape index (κ1) is 24.5. The normalized spacial score (nSPS) is 24.7. The Hall–Kier alpha value is -2.62. The summed E-state index contributed by atoms with van der Waals surface area (Å²) in [5.74, 6) is -0.850. The number of aliphatic hydroxyl groups is 3. The van der Waals surface area contributed by atoms with Crippen LogP contribution in [0.25, 0.3) is 10.4 Å². The number of halogens is 1. The van der Waals surface area contributed by atoms with Crippen LogP contribution < -0.4 is 0 Å². The molecule has 8 heteroatoms. The second kappa shape index (κ2) is 10.3. The van der Waals surface area contributed by atoms with Crippen molar-refractivity contribution in [1.82, 2.24) is 0 Å². The van der Waals surface area contributed by atoms with Crippen molar-refractivity contribution in [2.45, 2.75) is 50.3 Å². The number of benzene rings is 2. The van der Waals surface area contributed by atoms with Crippen LogP contribution in [0.15, 0.2) is 54.6 Å². The predicted octanol–water partition coefficient (Wildman–Crippen LogP) is 3.54. The first-order chi connectivity index (χ1) is 16.3. The molecule has 1 aromatic heterocycles. The van der Waals surface area contributed by atoms with Crippen molar-refractivity contribution in [3.05, 3.63) is 82.0 Å². The number of aliphatic hydroxyl groups excluding tert-OH is 3. The Bertz CT molecular complexity index is 1140. The zero-order valence-corrected chi connectivity index (χ0v) is 19.7. The minimum atomic E-state index is -1.46. The van der Waals surface area contributed by atoms with E-state index in [1.807, 2.05) is 37.3 Å². The second-order valence-electron chi connectivity index (χ2n) is 8.48. The summed E-state index contributed by atoms with van der Waals surface area (Å²) in [7, 11) is 1.23. The van der Waals surface area contributed by atoms with Gasteiger partial charge in [0.05, 0.1) is 19.6 Å². The number of hydrogen-bond acceptors (Lipinski definition) is 7. The summed E-state index contributed by atoms with van der Waals surface area (Å²) < 4.78 is 23.8. The van der Waals surface area contributed by atoms with E-state index in [2.05, 4.69) is 4.74 Å². The van der Waals surface area contributed by atoms with E-state index in [-0.39, 0.29) is 12.2 Å². The van der Waals surface area contributed by atoms with E-state index in [0.29, 0.717) is 12.0 Å². The number of carbonyl (C=O) groups is 1. The number of thiophene rings is 1. The Kier molecular flexibility index (Phi) is 7.45. The van der Waals surface area contributed by atoms with Gasteiger partial charge in [-0.15, -0.1) is 11.3 Å². The monoisotopic (exact) mass is 486 g/mol. The van der Waals surface area contributed by atoms with Crippen molar-refractivity contribution in [3.63, 3.8) is 0 Å². The molecule has 34 heavy (non-hydrogen) atoms. The lowest BCUT2D eigenvalue weighted by Crippen LogP contribution is -2.54. The van der Waals surface area contributed by atoms with Gasteiger partial charge in [0.25, 0.3) is 0 Å². The summed E-state index contributed by atoms with van der Waals surface area (Å²) in [5.41, 5.74) is 3.67. The Morgan fingerprint density at radius 2 is 1.76 bits per heavy atom. The van der Waals surface area contributed by atoms with Gasteiger partial charge in [-0.3, -0.25) is 4.79 Å². The van der Waals surface area contributed by atoms with Crippen LogP contribution >= 0.6 is 11.3 Å². The molecule has 0 amide bonds. The molecule has 0 bridgehead atoms. The zero-order chi connectivity index (χ0) is 24.4. The number of hydrogen-bond donors (Lipinski definition) is 3. The Morgan fingerprint density at radius 3 is 2.47 bits per heavy atom. The van der Waals surface area contributed by atoms with Crippen LogP contribution in [0.1, 0.15) is 34.1 Å². The van der Waals surface area contributed by atoms with Crippen LogP contribution in [0.4, 0.5) is 4.39 Å². The number of methoxy groups -OCH3 is 1. The first-order valence-electron chi connectivity index (χ1n) is 11.0. The quantitative estimate of drug-likeness (QED) is 0.462. The van der Waals surface area contributed by atoms with Crippen LogP contribution in [-0.2, 0) is 20.7 Å². The molecule has 6 nitrogen and oxygen atoms in total. The maximum absolute atomic E-state index is 13.2. The third kappa shape index (κ3) is 5.21. The average Bonchev–Trinajstić information content (AvgIpc) is 3.29. The van der Waals surface area contributed by atoms with E-state index in [1.54, 1.807) is 23.5 Å². The molecule has 0 saturated carbocycles. The molecule has 1 saturated heterocycles. The summed E-state index contributed by atoms with van der Waals surface area (Å²) in [6, 6.07) is 16.1. The Morgan fingerprint density at radius 1 is 1.03 bits per heavy atom. The molecular weight excluding hydrogens is 459 g/mol. The van der Waals surface area contributed by atoms with Crippen LogP contribution in [0.5, 0.6) is 0 Å². The third-order valence-corrected chi connectivity index (χ3v) is 7.30. The molecule has 2 heterocycles. The van der Waals surface area contributed by atoms with E-state index >= 15 is 0 Å². The molecule has 0 spiro atoms. The van der Waals surface area contributed by atoms with Gasteiger partial charge < -0.3 is 24.8 Å². The van der Waals surface area contributed by atoms with Gasteiger partial charge in [0, 0.05) is 16.2 Å². The zero-order valence-electron chi connectivity index (χ0n) is 18.8. The van der Waals surface area contributed by atoms with Gasteiger partial charge in [0.15, 0.2) is 0 Å². The highest BCUT2D eigenvalue weighted by molar-refractivity contribution is 7.15. The minimum absolute atomic E-state index is 0.238. The van der Waals surface area contributed by atoms with Crippen molar-refractivity contribution in [2.24, 2.45) is 0 Å². The summed E-state index contributed by atoms with van der Waals surface area (Å²) in [6.07, 6.45) is -5.74. The molecule has 1 fully saturated rings. The summed E-state index contributed by atoms with van der Waals surface area (Å²) in [4.78, 5) is 13.9. The molecule has 1 aliphatic heterocycles. The maximum Gasteiger partial charge on any atom is 0.308 e. The van der Waals surface area contributed by atoms with Crippen molar-refractivity contribution in [2.75, 3.05) is 7.11 Å². The topological polar surface area (TPSA) is 96.2 Å². The van der Waals surface area contributed by atoms with E-state index in [0.717, 1.165) is 26.4 Å². The van der Waals surface area contributed by atoms with Gasteiger partial charge in [0.1, 0.15) is 30.2 Å². The van der Waals surface area contributed by atoms with Crippen LogP contribution in [0.3, 0.4) is 0 Å². The molecule has 0 radical (unpaired) electrons. The van der Waals surface area contributed by atoms with Gasteiger partial charge >= 0.3 is 5.97 Å². The molecule has 0 unspecified atom stereocenters. The highest BCUT2D eigenvalue weighted by Crippen LogP contribution is 2.35. The largest absolute Gasteiger partial charge is 0.469 e.